The van der Waals surface area contributed by atoms with E-state index in [1.54, 1.807) is 6.20 Å². The van der Waals surface area contributed by atoms with E-state index in [0.717, 1.165) is 37.6 Å². The smallest absolute Gasteiger partial charge is 0.151 e. The van der Waals surface area contributed by atoms with Crippen LogP contribution in [0.15, 0.2) is 35.1 Å². The molecule has 0 radical (unpaired) electrons. The van der Waals surface area contributed by atoms with Crippen molar-refractivity contribution in [2.24, 2.45) is 0 Å². The zero-order valence-corrected chi connectivity index (χ0v) is 11.5. The van der Waals surface area contributed by atoms with Crippen LogP contribution >= 0.6 is 0 Å². The minimum Gasteiger partial charge on any atom is -0.360 e. The lowest BCUT2D eigenvalue weighted by Crippen LogP contribution is -2.17. The molecule has 0 fully saturated rings. The quantitative estimate of drug-likeness (QED) is 0.823. The largest absolute Gasteiger partial charge is 0.360 e. The van der Waals surface area contributed by atoms with Gasteiger partial charge >= 0.3 is 0 Å². The minimum absolute atomic E-state index is 0.744. The molecule has 0 aromatic carbocycles. The van der Waals surface area contributed by atoms with Gasteiger partial charge in [0, 0.05) is 31.5 Å². The summed E-state index contributed by atoms with van der Waals surface area (Å²) in [4.78, 5) is 6.29. The highest BCUT2D eigenvalue weighted by Crippen LogP contribution is 2.09. The number of pyridine rings is 1. The summed E-state index contributed by atoms with van der Waals surface area (Å²) in [5.74, 6) is 0.888. The van der Waals surface area contributed by atoms with Crippen molar-refractivity contribution in [1.29, 1.82) is 0 Å². The lowest BCUT2D eigenvalue weighted by atomic mass is 10.2. The molecule has 0 bridgehead atoms. The van der Waals surface area contributed by atoms with Crippen LogP contribution in [0.1, 0.15) is 23.9 Å². The van der Waals surface area contributed by atoms with Crippen molar-refractivity contribution in [3.63, 3.8) is 0 Å². The maximum absolute atomic E-state index is 5.32. The highest BCUT2D eigenvalue weighted by atomic mass is 16.5. The third kappa shape index (κ3) is 4.46. The van der Waals surface area contributed by atoms with Crippen LogP contribution in [0.3, 0.4) is 0 Å². The van der Waals surface area contributed by atoms with Crippen LogP contribution in [0, 0.1) is 0 Å². The average Bonchev–Trinajstić information content (AvgIpc) is 2.85. The molecule has 0 unspecified atom stereocenters. The molecule has 0 saturated carbocycles. The minimum atomic E-state index is 0.744. The van der Waals surface area contributed by atoms with E-state index in [1.807, 2.05) is 18.3 Å². The summed E-state index contributed by atoms with van der Waals surface area (Å²) in [6, 6.07) is 6.02. The molecule has 0 aliphatic carbocycles. The van der Waals surface area contributed by atoms with Gasteiger partial charge in [-0.1, -0.05) is 18.1 Å². The number of nitrogens with zero attached hydrogens (tertiary/aromatic N) is 3. The third-order valence-corrected chi connectivity index (χ3v) is 2.76. The van der Waals surface area contributed by atoms with E-state index in [4.69, 9.17) is 4.52 Å². The van der Waals surface area contributed by atoms with E-state index in [-0.39, 0.29) is 0 Å². The van der Waals surface area contributed by atoms with E-state index >= 15 is 0 Å². The summed E-state index contributed by atoms with van der Waals surface area (Å²) in [5, 5.41) is 7.26. The van der Waals surface area contributed by atoms with Gasteiger partial charge in [-0.15, -0.1) is 0 Å². The van der Waals surface area contributed by atoms with E-state index in [0.29, 0.717) is 0 Å². The van der Waals surface area contributed by atoms with Gasteiger partial charge in [0.15, 0.2) is 5.76 Å². The predicted molar refractivity (Wildman–Crippen MR) is 73.3 cm³/mol. The number of hydrogen-bond acceptors (Lipinski definition) is 5. The molecular weight excluding hydrogens is 240 g/mol. The molecule has 0 aliphatic rings. The lowest BCUT2D eigenvalue weighted by molar-refractivity contribution is 0.265. The molecule has 2 heterocycles. The Labute approximate surface area is 113 Å². The Morgan fingerprint density at radius 1 is 1.37 bits per heavy atom. The van der Waals surface area contributed by atoms with Crippen molar-refractivity contribution in [3.05, 3.63) is 47.6 Å². The van der Waals surface area contributed by atoms with Crippen molar-refractivity contribution >= 4 is 0 Å². The SMILES string of the molecule is CCNCc1cc(CN(C)Cc2cccnc2)on1. The molecule has 5 nitrogen and oxygen atoms in total. The van der Waals surface area contributed by atoms with Crippen LogP contribution in [-0.4, -0.2) is 28.6 Å². The molecule has 0 spiro atoms. The van der Waals surface area contributed by atoms with Crippen molar-refractivity contribution < 1.29 is 4.52 Å². The third-order valence-electron chi connectivity index (χ3n) is 2.76. The molecule has 19 heavy (non-hydrogen) atoms. The Balaban J connectivity index is 1.85. The summed E-state index contributed by atoms with van der Waals surface area (Å²) >= 11 is 0. The Morgan fingerprint density at radius 3 is 3.00 bits per heavy atom. The molecule has 2 aromatic rings. The second kappa shape index (κ2) is 7.01. The van der Waals surface area contributed by atoms with Gasteiger partial charge < -0.3 is 9.84 Å². The monoisotopic (exact) mass is 260 g/mol. The first-order chi connectivity index (χ1) is 9.28. The first kappa shape index (κ1) is 13.7. The topological polar surface area (TPSA) is 54.2 Å². The van der Waals surface area contributed by atoms with Gasteiger partial charge in [0.1, 0.15) is 0 Å². The van der Waals surface area contributed by atoms with Gasteiger partial charge in [-0.05, 0) is 25.2 Å². The molecule has 0 atom stereocenters. The van der Waals surface area contributed by atoms with Crippen LogP contribution in [0.4, 0.5) is 0 Å². The van der Waals surface area contributed by atoms with Crippen LogP contribution < -0.4 is 5.32 Å². The van der Waals surface area contributed by atoms with Crippen molar-refractivity contribution in [2.45, 2.75) is 26.6 Å². The molecule has 0 aliphatic heterocycles. The first-order valence-electron chi connectivity index (χ1n) is 6.50. The summed E-state index contributed by atoms with van der Waals surface area (Å²) in [6.45, 7) is 5.35. The van der Waals surface area contributed by atoms with E-state index in [2.05, 4.69) is 40.4 Å². The van der Waals surface area contributed by atoms with Crippen LogP contribution in [0.5, 0.6) is 0 Å². The Bertz CT molecular complexity index is 483. The molecule has 0 amide bonds. The van der Waals surface area contributed by atoms with Gasteiger partial charge in [-0.2, -0.15) is 0 Å². The summed E-state index contributed by atoms with van der Waals surface area (Å²) in [5.41, 5.74) is 2.14. The fraction of sp³-hybridized carbons (Fsp3) is 0.429. The predicted octanol–water partition coefficient (Wildman–Crippen LogP) is 1.81. The average molecular weight is 260 g/mol. The fourth-order valence-electron chi connectivity index (χ4n) is 1.89. The highest BCUT2D eigenvalue weighted by Gasteiger charge is 2.07. The molecule has 0 saturated heterocycles. The van der Waals surface area contributed by atoms with Crippen LogP contribution in [0.25, 0.3) is 0 Å². The Kier molecular flexibility index (Phi) is 5.06. The van der Waals surface area contributed by atoms with Crippen molar-refractivity contribution in [3.8, 4) is 0 Å². The first-order valence-corrected chi connectivity index (χ1v) is 6.50. The van der Waals surface area contributed by atoms with E-state index < -0.39 is 0 Å². The zero-order valence-electron chi connectivity index (χ0n) is 11.5. The second-order valence-electron chi connectivity index (χ2n) is 4.60. The Hall–Kier alpha value is -1.72. The molecule has 5 heteroatoms. The Morgan fingerprint density at radius 2 is 2.26 bits per heavy atom. The molecular formula is C14H20N4O. The molecule has 2 rings (SSSR count). The van der Waals surface area contributed by atoms with Gasteiger partial charge in [0.05, 0.1) is 12.2 Å². The van der Waals surface area contributed by atoms with Gasteiger partial charge in [-0.25, -0.2) is 0 Å². The second-order valence-corrected chi connectivity index (χ2v) is 4.60. The van der Waals surface area contributed by atoms with Crippen LogP contribution in [-0.2, 0) is 19.6 Å². The molecule has 1 N–H and O–H groups in total. The molecule has 2 aromatic heterocycles. The van der Waals surface area contributed by atoms with Gasteiger partial charge in [0.25, 0.3) is 0 Å². The normalized spacial score (nSPS) is 11.1. The summed E-state index contributed by atoms with van der Waals surface area (Å²) < 4.78 is 5.32. The number of nitrogens with one attached hydrogen (secondary N) is 1. The van der Waals surface area contributed by atoms with Gasteiger partial charge in [0.2, 0.25) is 0 Å². The zero-order chi connectivity index (χ0) is 13.5. The standard InChI is InChI=1S/C14H20N4O/c1-3-15-9-13-7-14(19-17-13)11-18(2)10-12-5-4-6-16-8-12/h4-8,15H,3,9-11H2,1-2H3. The lowest BCUT2D eigenvalue weighted by Gasteiger charge is -2.14. The maximum Gasteiger partial charge on any atom is 0.151 e. The number of aromatic nitrogens is 2. The van der Waals surface area contributed by atoms with Crippen molar-refractivity contribution in [2.75, 3.05) is 13.6 Å². The van der Waals surface area contributed by atoms with E-state index in [1.165, 1.54) is 5.56 Å². The van der Waals surface area contributed by atoms with Gasteiger partial charge in [-0.3, -0.25) is 9.88 Å². The highest BCUT2D eigenvalue weighted by molar-refractivity contribution is 5.09. The van der Waals surface area contributed by atoms with E-state index in [9.17, 15) is 0 Å². The maximum atomic E-state index is 5.32. The number of rotatable bonds is 7. The summed E-state index contributed by atoms with van der Waals surface area (Å²) in [7, 11) is 2.06. The molecule has 102 valence electrons. The summed E-state index contributed by atoms with van der Waals surface area (Å²) in [6.07, 6.45) is 3.67. The number of hydrogen-bond donors (Lipinski definition) is 1. The van der Waals surface area contributed by atoms with Crippen molar-refractivity contribution in [1.82, 2.24) is 20.4 Å². The van der Waals surface area contributed by atoms with Crippen LogP contribution in [0.2, 0.25) is 0 Å². The fourth-order valence-corrected chi connectivity index (χ4v) is 1.89.